The van der Waals surface area contributed by atoms with Gasteiger partial charge in [-0.3, -0.25) is 28.8 Å². The number of nitrogens with two attached hydrogens (primary N) is 1. The molecule has 2 saturated heterocycles. The van der Waals surface area contributed by atoms with Crippen molar-refractivity contribution in [3.63, 3.8) is 0 Å². The summed E-state index contributed by atoms with van der Waals surface area (Å²) in [5.74, 6) is -5.72. The number of benzene rings is 4. The Hall–Kier alpha value is -11.3. The molecular formula is C79H111N11O27. The highest BCUT2D eigenvalue weighted by atomic mass is 16.7. The number of hydroxylamine groups is 4. The second-order valence-electron chi connectivity index (χ2n) is 27.2. The number of Topliss-reactive ketones (excluding diaryl/α,β-unsaturated/α-hetero) is 2. The molecule has 38 heteroatoms. The van der Waals surface area contributed by atoms with E-state index in [2.05, 4.69) is 42.5 Å². The van der Waals surface area contributed by atoms with E-state index in [-0.39, 0.29) is 166 Å². The van der Waals surface area contributed by atoms with Crippen molar-refractivity contribution < 1.29 is 129 Å². The molecule has 2 aliphatic rings. The predicted octanol–water partition coefficient (Wildman–Crippen LogP) is 7.36. The number of hydrogen-bond acceptors (Lipinski definition) is 28. The maximum absolute atomic E-state index is 13.1. The summed E-state index contributed by atoms with van der Waals surface area (Å²) in [6, 6.07) is 25.2. The van der Waals surface area contributed by atoms with E-state index in [1.807, 2.05) is 88.4 Å². The van der Waals surface area contributed by atoms with Gasteiger partial charge in [0.2, 0.25) is 0 Å². The first kappa shape index (κ1) is 98.1. The van der Waals surface area contributed by atoms with Gasteiger partial charge in [0.25, 0.3) is 23.6 Å². The van der Waals surface area contributed by atoms with Crippen LogP contribution in [0, 0.1) is 0 Å². The smallest absolute Gasteiger partial charge is 0.407 e. The van der Waals surface area contributed by atoms with Gasteiger partial charge in [-0.25, -0.2) is 38.4 Å². The highest BCUT2D eigenvalue weighted by molar-refractivity contribution is 6.06. The van der Waals surface area contributed by atoms with E-state index in [1.165, 1.54) is 0 Å². The molecule has 2 heterocycles. The highest BCUT2D eigenvalue weighted by Crippen LogP contribution is 2.23. The van der Waals surface area contributed by atoms with Gasteiger partial charge in [-0.1, -0.05) is 67.6 Å². The van der Waals surface area contributed by atoms with Gasteiger partial charge >= 0.3 is 48.4 Å². The van der Waals surface area contributed by atoms with Crippen molar-refractivity contribution in [2.45, 2.75) is 131 Å². The Bertz CT molecular complexity index is 3700. The lowest BCUT2D eigenvalue weighted by atomic mass is 9.99. The maximum atomic E-state index is 13.1. The first-order chi connectivity index (χ1) is 56.0. The zero-order valence-electron chi connectivity index (χ0n) is 67.4. The van der Waals surface area contributed by atoms with Crippen molar-refractivity contribution in [1.82, 2.24) is 42.0 Å². The average Bonchev–Trinajstić information content (AvgIpc) is 1.80. The fraction of sp³-hybridized carbons (Fsp3) is 0.519. The average molecular weight is 1650 g/mol. The van der Waals surface area contributed by atoms with Gasteiger partial charge in [0, 0.05) is 127 Å². The van der Waals surface area contributed by atoms with Crippen LogP contribution in [0.5, 0.6) is 0 Å². The minimum absolute atomic E-state index is 0.0512. The second-order valence-corrected chi connectivity index (χ2v) is 27.2. The first-order valence-electron chi connectivity index (χ1n) is 38.2. The second kappa shape index (κ2) is 56.1. The lowest BCUT2D eigenvalue weighted by Crippen LogP contribution is -2.34. The van der Waals surface area contributed by atoms with Crippen molar-refractivity contribution in [2.24, 2.45) is 5.73 Å². The number of carbonyl (C=O) groups excluding carboxylic acids is 14. The molecule has 0 aromatic heterocycles. The Morgan fingerprint density at radius 3 is 1.03 bits per heavy atom. The quantitative estimate of drug-likeness (QED) is 0.00902. The summed E-state index contributed by atoms with van der Waals surface area (Å²) in [7, 11) is 0. The number of carbonyl (C=O) groups is 14. The number of urea groups is 2. The Morgan fingerprint density at radius 1 is 0.376 bits per heavy atom. The van der Waals surface area contributed by atoms with Gasteiger partial charge in [-0.05, 0) is 108 Å². The number of nitrogens with one attached hydrogen (secondary N) is 8. The van der Waals surface area contributed by atoms with Crippen LogP contribution in [-0.4, -0.2) is 243 Å². The zero-order chi connectivity index (χ0) is 85.6. The summed E-state index contributed by atoms with van der Waals surface area (Å²) >= 11 is 0. The van der Waals surface area contributed by atoms with Gasteiger partial charge in [0.15, 0.2) is 11.6 Å². The molecule has 38 nitrogen and oxygen atoms in total. The van der Waals surface area contributed by atoms with Crippen LogP contribution in [0.3, 0.4) is 0 Å². The summed E-state index contributed by atoms with van der Waals surface area (Å²) < 4.78 is 58.2. The van der Waals surface area contributed by atoms with Gasteiger partial charge < -0.3 is 110 Å². The molecule has 2 aliphatic heterocycles. The molecule has 0 saturated carbocycles. The minimum atomic E-state index is -1.20. The largest absolute Gasteiger partial charge is 0.445 e. The van der Waals surface area contributed by atoms with Crippen molar-refractivity contribution in [3.8, 4) is 0 Å². The van der Waals surface area contributed by atoms with Crippen molar-refractivity contribution >= 4 is 94.9 Å². The number of alkyl carbamates (subject to hydrolysis) is 4. The monoisotopic (exact) mass is 1650 g/mol. The maximum Gasteiger partial charge on any atom is 0.407 e. The molecule has 644 valence electrons. The van der Waals surface area contributed by atoms with Gasteiger partial charge in [0.05, 0.1) is 83.8 Å². The Morgan fingerprint density at radius 2 is 0.684 bits per heavy atom. The molecule has 0 radical (unpaired) electrons. The third-order valence-electron chi connectivity index (χ3n) is 14.9. The highest BCUT2D eigenvalue weighted by Gasteiger charge is 2.36. The number of ketones is 2. The number of anilines is 2. The number of amides is 12. The van der Waals surface area contributed by atoms with Crippen molar-refractivity contribution in [3.05, 3.63) is 130 Å². The molecule has 0 unspecified atom stereocenters. The Balaban J connectivity index is 0.000000423. The lowest BCUT2D eigenvalue weighted by Gasteiger charge is -2.19. The summed E-state index contributed by atoms with van der Waals surface area (Å²) in [6.45, 7) is 19.5. The van der Waals surface area contributed by atoms with Gasteiger partial charge in [0.1, 0.15) is 24.4 Å². The number of nitrogens with zero attached hydrogens (tertiary/aromatic N) is 2. The van der Waals surface area contributed by atoms with E-state index >= 15 is 0 Å². The summed E-state index contributed by atoms with van der Waals surface area (Å²) in [5.41, 5.74) is 6.02. The number of rotatable bonds is 48. The molecule has 0 atom stereocenters. The van der Waals surface area contributed by atoms with Crippen LogP contribution in [-0.2, 0) is 94.2 Å². The fourth-order valence-electron chi connectivity index (χ4n) is 9.58. The lowest BCUT2D eigenvalue weighted by molar-refractivity contribution is -0.173. The van der Waals surface area contributed by atoms with E-state index in [0.717, 1.165) is 35.7 Å². The van der Waals surface area contributed by atoms with Crippen LogP contribution < -0.4 is 48.3 Å². The van der Waals surface area contributed by atoms with Crippen molar-refractivity contribution in [1.29, 1.82) is 0 Å². The molecule has 0 bridgehead atoms. The predicted molar refractivity (Wildman–Crippen MR) is 420 cm³/mol. The number of imide groups is 2. The number of ether oxygens (including phenoxy) is 11. The molecule has 12 amide bonds. The molecule has 6 rings (SSSR count). The van der Waals surface area contributed by atoms with Crippen LogP contribution in [0.15, 0.2) is 97.1 Å². The van der Waals surface area contributed by atoms with Crippen LogP contribution in [0.1, 0.15) is 159 Å². The van der Waals surface area contributed by atoms with E-state index < -0.39 is 83.2 Å². The minimum Gasteiger partial charge on any atom is -0.445 e. The molecule has 0 spiro atoms. The Labute approximate surface area is 679 Å². The fourth-order valence-corrected chi connectivity index (χ4v) is 9.58. The zero-order valence-corrected chi connectivity index (χ0v) is 67.4. The molecule has 4 aromatic rings. The number of hydrogen-bond donors (Lipinski definition) is 9. The SMILES string of the molecule is CC(C)(C)OC(=O)NCCOCCN.CCCOCCCC(=O)c1cc(NC(=O)NCCOCCOCCNC(=O)OCc2ccccc2)cc(C(=O)CCCOCCNC(=O)OC(C)(C)C)c1.O=C(NCCOCCOCCNC(=O)OCc1ccccc1)Nc1cc(C(=O)ON2C(=O)CCC2=O)cc(C(=O)ON2C(=O)CCC2=O)c1. The first-order valence-corrected chi connectivity index (χ1v) is 38.2. The van der Waals surface area contributed by atoms with Crippen molar-refractivity contribution in [2.75, 3.05) is 149 Å². The van der Waals surface area contributed by atoms with Crippen LogP contribution >= 0.6 is 0 Å². The van der Waals surface area contributed by atoms with E-state index in [4.69, 9.17) is 67.5 Å². The third-order valence-corrected chi connectivity index (χ3v) is 14.9. The van der Waals surface area contributed by atoms with Crippen LogP contribution in [0.25, 0.3) is 0 Å². The van der Waals surface area contributed by atoms with Gasteiger partial charge in [-0.15, -0.1) is 10.1 Å². The van der Waals surface area contributed by atoms with E-state index in [1.54, 1.807) is 39.0 Å². The Kier molecular flexibility index (Phi) is 47.0. The third kappa shape index (κ3) is 45.0. The molecule has 10 N–H and O–H groups in total. The van der Waals surface area contributed by atoms with E-state index in [9.17, 15) is 67.1 Å². The van der Waals surface area contributed by atoms with Gasteiger partial charge in [-0.2, -0.15) is 0 Å². The summed E-state index contributed by atoms with van der Waals surface area (Å²) in [6.07, 6.45) is -0.397. The topological polar surface area (TPSA) is 488 Å². The molecule has 4 aromatic carbocycles. The molecular weight excluding hydrogens is 1530 g/mol. The van der Waals surface area contributed by atoms with E-state index in [0.29, 0.717) is 92.5 Å². The summed E-state index contributed by atoms with van der Waals surface area (Å²) in [5, 5.41) is 21.3. The molecule has 2 fully saturated rings. The molecule has 117 heavy (non-hydrogen) atoms. The summed E-state index contributed by atoms with van der Waals surface area (Å²) in [4.78, 5) is 181. The van der Waals surface area contributed by atoms with Crippen LogP contribution in [0.2, 0.25) is 0 Å². The normalized spacial score (nSPS) is 12.3. The molecule has 0 aliphatic carbocycles. The van der Waals surface area contributed by atoms with Crippen LogP contribution in [0.4, 0.5) is 40.1 Å². The standard InChI is InChI=1S/C39H58N4O11.C31H33N5O13.C9H20N2O3/c1-5-18-49-19-9-13-34(44)31-26-32(35(45)14-10-20-50-22-17-42-38(48)54-39(2,3)4)28-33(27-31)43-36(46)40-15-21-51-24-25-52-23-16-41-37(47)53-29-30-11-7-6-8-12-30;37-24-6-7-25(38)35(24)48-28(41)21-16-22(29(42)49-36-26(39)8-9-27(36)40)18-23(17-21)34-30(43)32-10-12-45-14-15-46-13-11-33-31(44)47-19-20-4-2-1-3-5-20;1-9(2,3)14-8(12)11-5-7-13-6-4-10/h6-8,11-12,26-28H,5,9-10,13-25,29H2,1-4H3,(H,41,47)(H,42,48)(H2,40,43,46);1-5,16-18H,6-15,19H2,(H,33,44)(H2,32,34,43);4-7,10H2,1-3H3,(H,11,12).